The lowest BCUT2D eigenvalue weighted by Crippen LogP contribution is -2.25. The molecule has 4 heterocycles. The van der Waals surface area contributed by atoms with Crippen molar-refractivity contribution in [2.45, 2.75) is 30.2 Å². The van der Waals surface area contributed by atoms with Gasteiger partial charge in [0.05, 0.1) is 11.4 Å². The van der Waals surface area contributed by atoms with Gasteiger partial charge in [0.2, 0.25) is 0 Å². The molecule has 7 nitrogen and oxygen atoms in total. The minimum absolute atomic E-state index is 0.226. The highest BCUT2D eigenvalue weighted by molar-refractivity contribution is 7.98. The fourth-order valence-electron chi connectivity index (χ4n) is 3.99. The van der Waals surface area contributed by atoms with E-state index in [0.717, 1.165) is 35.9 Å². The van der Waals surface area contributed by atoms with Gasteiger partial charge in [0.1, 0.15) is 11.6 Å². The molecule has 1 aromatic carbocycles. The fourth-order valence-corrected chi connectivity index (χ4v) is 4.74. The lowest BCUT2D eigenvalue weighted by atomic mass is 10.1. The van der Waals surface area contributed by atoms with Crippen LogP contribution in [0.1, 0.15) is 34.9 Å². The lowest BCUT2D eigenvalue weighted by Gasteiger charge is -2.18. The van der Waals surface area contributed by atoms with Crippen LogP contribution >= 0.6 is 11.8 Å². The molecule has 0 atom stereocenters. The summed E-state index contributed by atoms with van der Waals surface area (Å²) >= 11 is 1.51. The average Bonchev–Trinajstić information content (AvgIpc) is 3.61. The van der Waals surface area contributed by atoms with E-state index in [4.69, 9.17) is 14.4 Å². The Kier molecular flexibility index (Phi) is 7.38. The number of nitrogens with zero attached hydrogens (tertiary/aromatic N) is 4. The maximum Gasteiger partial charge on any atom is 0.287 e. The summed E-state index contributed by atoms with van der Waals surface area (Å²) in [6, 6.07) is 21.6. The third kappa shape index (κ3) is 6.08. The van der Waals surface area contributed by atoms with E-state index < -0.39 is 0 Å². The van der Waals surface area contributed by atoms with Crippen LogP contribution in [-0.4, -0.2) is 40.5 Å². The Morgan fingerprint density at radius 3 is 2.63 bits per heavy atom. The quantitative estimate of drug-likeness (QED) is 0.264. The highest BCUT2D eigenvalue weighted by Crippen LogP contribution is 2.29. The Morgan fingerprint density at radius 2 is 1.83 bits per heavy atom. The van der Waals surface area contributed by atoms with E-state index in [0.29, 0.717) is 35.4 Å². The summed E-state index contributed by atoms with van der Waals surface area (Å²) in [4.78, 5) is 28.7. The number of carbonyl (C=O) groups is 1. The molecule has 178 valence electrons. The number of anilines is 1. The zero-order valence-corrected chi connectivity index (χ0v) is 20.2. The van der Waals surface area contributed by atoms with Gasteiger partial charge in [-0.1, -0.05) is 48.2 Å². The molecule has 0 saturated carbocycles. The summed E-state index contributed by atoms with van der Waals surface area (Å²) in [5.74, 6) is 2.29. The lowest BCUT2D eigenvalue weighted by molar-refractivity contribution is 0.0925. The van der Waals surface area contributed by atoms with Gasteiger partial charge >= 0.3 is 0 Å². The summed E-state index contributed by atoms with van der Waals surface area (Å²) in [6.45, 7) is 2.54. The van der Waals surface area contributed by atoms with E-state index in [9.17, 15) is 4.79 Å². The third-order valence-corrected chi connectivity index (χ3v) is 6.68. The Hall–Kier alpha value is -3.65. The van der Waals surface area contributed by atoms with Crippen molar-refractivity contribution in [3.8, 4) is 11.3 Å². The summed E-state index contributed by atoms with van der Waals surface area (Å²) in [5, 5.41) is 3.59. The highest BCUT2D eigenvalue weighted by Gasteiger charge is 2.17. The second kappa shape index (κ2) is 11.2. The molecule has 1 aliphatic heterocycles. The van der Waals surface area contributed by atoms with Crippen LogP contribution in [0.15, 0.2) is 82.5 Å². The molecule has 35 heavy (non-hydrogen) atoms. The molecule has 1 amide bonds. The Morgan fingerprint density at radius 1 is 1.00 bits per heavy atom. The van der Waals surface area contributed by atoms with Crippen LogP contribution in [0.4, 0.5) is 5.82 Å². The van der Waals surface area contributed by atoms with Gasteiger partial charge in [0.25, 0.3) is 5.91 Å². The number of hydrogen-bond acceptors (Lipinski definition) is 7. The average molecular weight is 486 g/mol. The molecular formula is C27H27N5O2S. The predicted octanol–water partition coefficient (Wildman–Crippen LogP) is 5.00. The van der Waals surface area contributed by atoms with Crippen molar-refractivity contribution in [1.29, 1.82) is 0 Å². The Bertz CT molecular complexity index is 1260. The standard InChI is InChI=1S/C27H27N5O2S/c33-26(29-15-13-21-10-4-5-14-28-21)24-12-11-22(34-24)19-35-27-30-23(20-8-2-1-3-9-20)18-25(31-27)32-16-6-7-17-32/h1-5,8-12,14,18H,6-7,13,15-17,19H2,(H,29,33). The first-order valence-corrected chi connectivity index (χ1v) is 12.8. The first-order chi connectivity index (χ1) is 17.2. The largest absolute Gasteiger partial charge is 0.455 e. The molecule has 0 bridgehead atoms. The monoisotopic (exact) mass is 485 g/mol. The number of pyridine rings is 1. The van der Waals surface area contributed by atoms with E-state index >= 15 is 0 Å². The van der Waals surface area contributed by atoms with Crippen LogP contribution < -0.4 is 10.2 Å². The van der Waals surface area contributed by atoms with Gasteiger partial charge < -0.3 is 14.6 Å². The van der Waals surface area contributed by atoms with Crippen molar-refractivity contribution in [2.24, 2.45) is 0 Å². The van der Waals surface area contributed by atoms with Crippen LogP contribution in [-0.2, 0) is 12.2 Å². The molecule has 1 saturated heterocycles. The molecular weight excluding hydrogens is 458 g/mol. The molecule has 3 aromatic heterocycles. The molecule has 1 fully saturated rings. The molecule has 1 aliphatic rings. The number of benzene rings is 1. The van der Waals surface area contributed by atoms with Crippen LogP contribution in [0.5, 0.6) is 0 Å². The van der Waals surface area contributed by atoms with E-state index in [2.05, 4.69) is 33.4 Å². The van der Waals surface area contributed by atoms with Crippen molar-refractivity contribution < 1.29 is 9.21 Å². The summed E-state index contributed by atoms with van der Waals surface area (Å²) in [5.41, 5.74) is 2.92. The maximum absolute atomic E-state index is 12.5. The molecule has 4 aromatic rings. The molecule has 0 aliphatic carbocycles. The molecule has 0 radical (unpaired) electrons. The van der Waals surface area contributed by atoms with Gasteiger partial charge in [-0.3, -0.25) is 9.78 Å². The Labute approximate surface area is 209 Å². The van der Waals surface area contributed by atoms with Crippen LogP contribution in [0, 0.1) is 0 Å². The summed E-state index contributed by atoms with van der Waals surface area (Å²) < 4.78 is 5.80. The van der Waals surface area contributed by atoms with Gasteiger partial charge in [0, 0.05) is 49.6 Å². The zero-order valence-electron chi connectivity index (χ0n) is 19.4. The number of furan rings is 1. The Balaban J connectivity index is 1.23. The molecule has 5 rings (SSSR count). The van der Waals surface area contributed by atoms with Gasteiger partial charge in [-0.25, -0.2) is 9.97 Å². The van der Waals surface area contributed by atoms with E-state index in [1.54, 1.807) is 12.3 Å². The number of amides is 1. The molecule has 0 spiro atoms. The van der Waals surface area contributed by atoms with Crippen molar-refractivity contribution in [2.75, 3.05) is 24.5 Å². The summed E-state index contributed by atoms with van der Waals surface area (Å²) in [6.07, 6.45) is 4.80. The van der Waals surface area contributed by atoms with Gasteiger partial charge in [-0.05, 0) is 37.1 Å². The number of carbonyl (C=O) groups excluding carboxylic acids is 1. The zero-order chi connectivity index (χ0) is 23.9. The number of rotatable bonds is 9. The SMILES string of the molecule is O=C(NCCc1ccccn1)c1ccc(CSc2nc(-c3ccccc3)cc(N3CCCC3)n2)o1. The molecule has 0 unspecified atom stereocenters. The third-order valence-electron chi connectivity index (χ3n) is 5.81. The number of aromatic nitrogens is 3. The summed E-state index contributed by atoms with van der Waals surface area (Å²) in [7, 11) is 0. The minimum Gasteiger partial charge on any atom is -0.455 e. The van der Waals surface area contributed by atoms with E-state index in [-0.39, 0.29) is 5.91 Å². The number of nitrogens with one attached hydrogen (secondary N) is 1. The smallest absolute Gasteiger partial charge is 0.287 e. The predicted molar refractivity (Wildman–Crippen MR) is 137 cm³/mol. The van der Waals surface area contributed by atoms with Gasteiger partial charge in [-0.2, -0.15) is 0 Å². The van der Waals surface area contributed by atoms with Crippen LogP contribution in [0.25, 0.3) is 11.3 Å². The topological polar surface area (TPSA) is 84.2 Å². The first kappa shape index (κ1) is 23.1. The van der Waals surface area contributed by atoms with Crippen LogP contribution in [0.2, 0.25) is 0 Å². The first-order valence-electron chi connectivity index (χ1n) is 11.8. The van der Waals surface area contributed by atoms with E-state index in [1.807, 2.05) is 42.5 Å². The van der Waals surface area contributed by atoms with Crippen molar-refractivity contribution in [1.82, 2.24) is 20.3 Å². The van der Waals surface area contributed by atoms with Crippen molar-refractivity contribution in [3.05, 3.63) is 90.1 Å². The second-order valence-electron chi connectivity index (χ2n) is 8.34. The van der Waals surface area contributed by atoms with Gasteiger partial charge in [0.15, 0.2) is 10.9 Å². The maximum atomic E-state index is 12.5. The fraction of sp³-hybridized carbons (Fsp3) is 0.259. The van der Waals surface area contributed by atoms with Crippen molar-refractivity contribution in [3.63, 3.8) is 0 Å². The van der Waals surface area contributed by atoms with Gasteiger partial charge in [-0.15, -0.1) is 0 Å². The number of thioether (sulfide) groups is 1. The second-order valence-corrected chi connectivity index (χ2v) is 9.28. The number of hydrogen-bond donors (Lipinski definition) is 1. The normalized spacial score (nSPS) is 13.2. The van der Waals surface area contributed by atoms with Crippen molar-refractivity contribution >= 4 is 23.5 Å². The van der Waals surface area contributed by atoms with Crippen LogP contribution in [0.3, 0.4) is 0 Å². The molecule has 8 heteroatoms. The highest BCUT2D eigenvalue weighted by atomic mass is 32.2. The minimum atomic E-state index is -0.226. The molecule has 1 N–H and O–H groups in total. The van der Waals surface area contributed by atoms with E-state index in [1.165, 1.54) is 24.6 Å².